The Morgan fingerprint density at radius 2 is 1.62 bits per heavy atom. The lowest BCUT2D eigenvalue weighted by molar-refractivity contribution is -0.290. The van der Waals surface area contributed by atoms with Crippen LogP contribution in [0.15, 0.2) is 0 Å². The van der Waals surface area contributed by atoms with Crippen molar-refractivity contribution in [3.05, 3.63) is 6.42 Å². The van der Waals surface area contributed by atoms with Crippen LogP contribution >= 0.6 is 0 Å². The first kappa shape index (κ1) is 13.9. The maximum absolute atomic E-state index is 9.73. The summed E-state index contributed by atoms with van der Waals surface area (Å²) in [5.74, 6) is 0. The SMILES string of the molecule is CC(C)(O)CON1C(C)(C)C[CH]CC1(C)C. The number of hydroxylamine groups is 2. The molecule has 0 bridgehead atoms. The summed E-state index contributed by atoms with van der Waals surface area (Å²) in [4.78, 5) is 5.84. The Labute approximate surface area is 99.7 Å². The molecule has 1 saturated heterocycles. The van der Waals surface area contributed by atoms with Gasteiger partial charge in [0.25, 0.3) is 0 Å². The van der Waals surface area contributed by atoms with Gasteiger partial charge < -0.3 is 5.11 Å². The van der Waals surface area contributed by atoms with Crippen LogP contribution in [-0.2, 0) is 4.84 Å². The van der Waals surface area contributed by atoms with Gasteiger partial charge in [0.05, 0.1) is 12.2 Å². The van der Waals surface area contributed by atoms with Crippen molar-refractivity contribution in [2.45, 2.75) is 71.1 Å². The standard InChI is InChI=1S/C13H26NO2/c1-11(2)8-7-9-12(3,4)14(11)16-10-13(5,6)15/h7,15H,8-10H2,1-6H3. The van der Waals surface area contributed by atoms with Gasteiger partial charge in [-0.1, -0.05) is 0 Å². The van der Waals surface area contributed by atoms with Gasteiger partial charge in [0, 0.05) is 11.1 Å². The van der Waals surface area contributed by atoms with Crippen molar-refractivity contribution < 1.29 is 9.94 Å². The molecule has 0 saturated carbocycles. The zero-order chi connectivity index (χ0) is 12.6. The largest absolute Gasteiger partial charge is 0.388 e. The van der Waals surface area contributed by atoms with E-state index in [9.17, 15) is 5.11 Å². The first-order chi connectivity index (χ1) is 7.05. The van der Waals surface area contributed by atoms with Crippen molar-refractivity contribution in [1.29, 1.82) is 0 Å². The molecular weight excluding hydrogens is 202 g/mol. The Kier molecular flexibility index (Phi) is 3.73. The Morgan fingerprint density at radius 1 is 1.19 bits per heavy atom. The Balaban J connectivity index is 2.72. The second-order valence-corrected chi connectivity index (χ2v) is 6.70. The van der Waals surface area contributed by atoms with Gasteiger partial charge in [-0.05, 0) is 60.8 Å². The van der Waals surface area contributed by atoms with Crippen LogP contribution in [0.1, 0.15) is 54.4 Å². The fourth-order valence-corrected chi connectivity index (χ4v) is 2.34. The molecule has 0 aromatic rings. The minimum Gasteiger partial charge on any atom is -0.388 e. The molecule has 0 aromatic heterocycles. The molecule has 1 radical (unpaired) electrons. The molecule has 1 heterocycles. The maximum Gasteiger partial charge on any atom is 0.0967 e. The highest BCUT2D eigenvalue weighted by molar-refractivity contribution is 5.00. The molecule has 0 spiro atoms. The number of hydrogen-bond donors (Lipinski definition) is 1. The second-order valence-electron chi connectivity index (χ2n) is 6.70. The molecular formula is C13H26NO2. The molecule has 3 nitrogen and oxygen atoms in total. The van der Waals surface area contributed by atoms with E-state index in [2.05, 4.69) is 39.2 Å². The summed E-state index contributed by atoms with van der Waals surface area (Å²) in [7, 11) is 0. The third-order valence-corrected chi connectivity index (χ3v) is 2.93. The summed E-state index contributed by atoms with van der Waals surface area (Å²) >= 11 is 0. The topological polar surface area (TPSA) is 32.7 Å². The Morgan fingerprint density at radius 3 is 2.00 bits per heavy atom. The van der Waals surface area contributed by atoms with E-state index in [1.807, 2.05) is 0 Å². The summed E-state index contributed by atoms with van der Waals surface area (Å²) in [5.41, 5.74) is -0.798. The smallest absolute Gasteiger partial charge is 0.0967 e. The first-order valence-electron chi connectivity index (χ1n) is 6.02. The number of aliphatic hydroxyl groups is 1. The number of rotatable bonds is 3. The molecule has 0 atom stereocenters. The van der Waals surface area contributed by atoms with Crippen molar-refractivity contribution in [3.63, 3.8) is 0 Å². The van der Waals surface area contributed by atoms with Crippen LogP contribution in [0, 0.1) is 6.42 Å². The lowest BCUT2D eigenvalue weighted by Crippen LogP contribution is -2.59. The van der Waals surface area contributed by atoms with Gasteiger partial charge in [-0.15, -0.1) is 0 Å². The lowest BCUT2D eigenvalue weighted by atomic mass is 9.82. The van der Waals surface area contributed by atoms with E-state index in [0.717, 1.165) is 12.8 Å². The molecule has 0 aromatic carbocycles. The molecule has 0 aliphatic carbocycles. The summed E-state index contributed by atoms with van der Waals surface area (Å²) in [6.07, 6.45) is 4.36. The summed E-state index contributed by atoms with van der Waals surface area (Å²) < 4.78 is 0. The van der Waals surface area contributed by atoms with E-state index in [4.69, 9.17) is 4.84 Å². The first-order valence-corrected chi connectivity index (χ1v) is 6.02. The van der Waals surface area contributed by atoms with E-state index < -0.39 is 5.60 Å². The summed E-state index contributed by atoms with van der Waals surface area (Å²) in [5, 5.41) is 11.8. The van der Waals surface area contributed by atoms with E-state index in [-0.39, 0.29) is 11.1 Å². The monoisotopic (exact) mass is 228 g/mol. The van der Waals surface area contributed by atoms with E-state index in [0.29, 0.717) is 6.61 Å². The average Bonchev–Trinajstić information content (AvgIpc) is 1.97. The van der Waals surface area contributed by atoms with Gasteiger partial charge in [0.2, 0.25) is 0 Å². The van der Waals surface area contributed by atoms with Crippen LogP contribution in [0.5, 0.6) is 0 Å². The third-order valence-electron chi connectivity index (χ3n) is 2.93. The number of hydrogen-bond acceptors (Lipinski definition) is 3. The molecule has 3 heteroatoms. The van der Waals surface area contributed by atoms with Crippen LogP contribution < -0.4 is 0 Å². The Hall–Kier alpha value is -0.120. The molecule has 1 aliphatic heterocycles. The van der Waals surface area contributed by atoms with Gasteiger partial charge in [-0.25, -0.2) is 0 Å². The van der Waals surface area contributed by atoms with Crippen molar-refractivity contribution in [1.82, 2.24) is 5.06 Å². The highest BCUT2D eigenvalue weighted by Gasteiger charge is 2.43. The van der Waals surface area contributed by atoms with Crippen LogP contribution in [-0.4, -0.2) is 33.5 Å². The molecule has 1 aliphatic rings. The van der Waals surface area contributed by atoms with Crippen molar-refractivity contribution >= 4 is 0 Å². The molecule has 1 rings (SSSR count). The van der Waals surface area contributed by atoms with Crippen LogP contribution in [0.2, 0.25) is 0 Å². The fourth-order valence-electron chi connectivity index (χ4n) is 2.34. The minimum atomic E-state index is -0.784. The summed E-state index contributed by atoms with van der Waals surface area (Å²) in [6, 6.07) is 0. The highest BCUT2D eigenvalue weighted by Crippen LogP contribution is 2.37. The molecule has 16 heavy (non-hydrogen) atoms. The maximum atomic E-state index is 9.73. The average molecular weight is 228 g/mol. The van der Waals surface area contributed by atoms with Gasteiger partial charge in [-0.2, -0.15) is 5.06 Å². The zero-order valence-electron chi connectivity index (χ0n) is 11.5. The number of nitrogens with zero attached hydrogens (tertiary/aromatic N) is 1. The minimum absolute atomic E-state index is 0.00694. The lowest BCUT2D eigenvalue weighted by Gasteiger charge is -2.51. The predicted octanol–water partition coefficient (Wildman–Crippen LogP) is 2.55. The number of piperidine rings is 1. The van der Waals surface area contributed by atoms with Gasteiger partial charge in [0.15, 0.2) is 0 Å². The van der Waals surface area contributed by atoms with Gasteiger partial charge >= 0.3 is 0 Å². The molecule has 95 valence electrons. The fraction of sp³-hybridized carbons (Fsp3) is 0.923. The van der Waals surface area contributed by atoms with E-state index in [1.165, 1.54) is 0 Å². The normalized spacial score (nSPS) is 25.7. The van der Waals surface area contributed by atoms with Crippen molar-refractivity contribution in [3.8, 4) is 0 Å². The van der Waals surface area contributed by atoms with Crippen LogP contribution in [0.25, 0.3) is 0 Å². The van der Waals surface area contributed by atoms with Crippen molar-refractivity contribution in [2.24, 2.45) is 0 Å². The molecule has 1 N–H and O–H groups in total. The van der Waals surface area contributed by atoms with E-state index >= 15 is 0 Å². The quantitative estimate of drug-likeness (QED) is 0.805. The molecule has 0 unspecified atom stereocenters. The highest BCUT2D eigenvalue weighted by atomic mass is 16.7. The third kappa shape index (κ3) is 3.44. The van der Waals surface area contributed by atoms with Gasteiger partial charge in [-0.3, -0.25) is 4.84 Å². The second kappa shape index (κ2) is 4.28. The predicted molar refractivity (Wildman–Crippen MR) is 65.8 cm³/mol. The van der Waals surface area contributed by atoms with Crippen molar-refractivity contribution in [2.75, 3.05) is 6.61 Å². The molecule has 1 fully saturated rings. The summed E-state index contributed by atoms with van der Waals surface area (Å²) in [6.45, 7) is 12.6. The Bertz CT molecular complexity index is 225. The van der Waals surface area contributed by atoms with E-state index in [1.54, 1.807) is 13.8 Å². The van der Waals surface area contributed by atoms with Crippen LogP contribution in [0.3, 0.4) is 0 Å². The van der Waals surface area contributed by atoms with Crippen LogP contribution in [0.4, 0.5) is 0 Å². The zero-order valence-corrected chi connectivity index (χ0v) is 11.5. The van der Waals surface area contributed by atoms with Gasteiger partial charge in [0.1, 0.15) is 0 Å². The molecule has 0 amide bonds.